The number of likely N-dealkylation sites (tertiary alicyclic amines) is 1. The summed E-state index contributed by atoms with van der Waals surface area (Å²) in [5.74, 6) is 1.67. The van der Waals surface area contributed by atoms with Gasteiger partial charge in [-0.05, 0) is 44.2 Å². The Morgan fingerprint density at radius 2 is 2.19 bits per heavy atom. The van der Waals surface area contributed by atoms with Crippen LogP contribution in [0.1, 0.15) is 46.0 Å². The SMILES string of the molecule is CCCC(C)CCN1CCCC(COC)C1. The molecule has 1 aliphatic rings. The largest absolute Gasteiger partial charge is 0.384 e. The lowest BCUT2D eigenvalue weighted by atomic mass is 9.97. The fourth-order valence-corrected chi connectivity index (χ4v) is 2.77. The third-order valence-corrected chi connectivity index (χ3v) is 3.73. The van der Waals surface area contributed by atoms with Gasteiger partial charge in [0.2, 0.25) is 0 Å². The van der Waals surface area contributed by atoms with E-state index in [0.29, 0.717) is 0 Å². The van der Waals surface area contributed by atoms with Crippen molar-refractivity contribution in [2.75, 3.05) is 33.4 Å². The van der Waals surface area contributed by atoms with Crippen molar-refractivity contribution >= 4 is 0 Å². The lowest BCUT2D eigenvalue weighted by Gasteiger charge is -2.33. The van der Waals surface area contributed by atoms with Crippen molar-refractivity contribution in [3.8, 4) is 0 Å². The molecule has 0 amide bonds. The lowest BCUT2D eigenvalue weighted by Crippen LogP contribution is -2.38. The van der Waals surface area contributed by atoms with Crippen LogP contribution in [0.15, 0.2) is 0 Å². The van der Waals surface area contributed by atoms with E-state index in [0.717, 1.165) is 18.4 Å². The van der Waals surface area contributed by atoms with Crippen molar-refractivity contribution in [3.63, 3.8) is 0 Å². The lowest BCUT2D eigenvalue weighted by molar-refractivity contribution is 0.0879. The Labute approximate surface area is 101 Å². The van der Waals surface area contributed by atoms with Gasteiger partial charge in [-0.25, -0.2) is 0 Å². The normalized spacial score (nSPS) is 24.6. The van der Waals surface area contributed by atoms with Crippen molar-refractivity contribution in [1.82, 2.24) is 4.90 Å². The summed E-state index contributed by atoms with van der Waals surface area (Å²) >= 11 is 0. The predicted octanol–water partition coefficient (Wildman–Crippen LogP) is 3.17. The fraction of sp³-hybridized carbons (Fsp3) is 1.00. The zero-order chi connectivity index (χ0) is 11.8. The first-order valence-corrected chi connectivity index (χ1v) is 6.97. The van der Waals surface area contributed by atoms with E-state index in [1.807, 2.05) is 7.11 Å². The van der Waals surface area contributed by atoms with E-state index in [2.05, 4.69) is 18.7 Å². The number of piperidine rings is 1. The molecule has 0 spiro atoms. The summed E-state index contributed by atoms with van der Waals surface area (Å²) in [5, 5.41) is 0. The topological polar surface area (TPSA) is 12.5 Å². The highest BCUT2D eigenvalue weighted by Crippen LogP contribution is 2.18. The summed E-state index contributed by atoms with van der Waals surface area (Å²) in [5.41, 5.74) is 0. The number of ether oxygens (including phenoxy) is 1. The molecule has 0 aromatic heterocycles. The van der Waals surface area contributed by atoms with Crippen LogP contribution in [0.2, 0.25) is 0 Å². The first-order chi connectivity index (χ1) is 7.76. The smallest absolute Gasteiger partial charge is 0.0502 e. The van der Waals surface area contributed by atoms with Crippen LogP contribution in [-0.2, 0) is 4.74 Å². The minimum Gasteiger partial charge on any atom is -0.384 e. The van der Waals surface area contributed by atoms with Gasteiger partial charge in [-0.3, -0.25) is 0 Å². The molecule has 0 aliphatic carbocycles. The van der Waals surface area contributed by atoms with Gasteiger partial charge in [0, 0.05) is 13.7 Å². The second-order valence-corrected chi connectivity index (χ2v) is 5.45. The molecule has 1 saturated heterocycles. The monoisotopic (exact) mass is 227 g/mol. The van der Waals surface area contributed by atoms with E-state index in [1.54, 1.807) is 0 Å². The van der Waals surface area contributed by atoms with Crippen LogP contribution in [0, 0.1) is 11.8 Å². The highest BCUT2D eigenvalue weighted by atomic mass is 16.5. The van der Waals surface area contributed by atoms with E-state index < -0.39 is 0 Å². The maximum Gasteiger partial charge on any atom is 0.0502 e. The summed E-state index contributed by atoms with van der Waals surface area (Å²) < 4.78 is 5.27. The average Bonchev–Trinajstić information content (AvgIpc) is 2.28. The number of rotatable bonds is 7. The van der Waals surface area contributed by atoms with Gasteiger partial charge in [0.05, 0.1) is 6.61 Å². The third kappa shape index (κ3) is 5.31. The van der Waals surface area contributed by atoms with Gasteiger partial charge in [-0.2, -0.15) is 0 Å². The Balaban J connectivity index is 2.16. The van der Waals surface area contributed by atoms with Gasteiger partial charge in [0.1, 0.15) is 0 Å². The van der Waals surface area contributed by atoms with Crippen LogP contribution in [0.5, 0.6) is 0 Å². The minimum absolute atomic E-state index is 0.778. The predicted molar refractivity (Wildman–Crippen MR) is 69.7 cm³/mol. The molecule has 2 nitrogen and oxygen atoms in total. The number of methoxy groups -OCH3 is 1. The molecule has 2 unspecified atom stereocenters. The molecule has 1 fully saturated rings. The summed E-state index contributed by atoms with van der Waals surface area (Å²) in [6.45, 7) is 9.47. The van der Waals surface area contributed by atoms with E-state index in [-0.39, 0.29) is 0 Å². The van der Waals surface area contributed by atoms with Crippen LogP contribution in [-0.4, -0.2) is 38.3 Å². The molecule has 1 rings (SSSR count). The van der Waals surface area contributed by atoms with Gasteiger partial charge in [-0.1, -0.05) is 26.7 Å². The number of hydrogen-bond acceptors (Lipinski definition) is 2. The van der Waals surface area contributed by atoms with Gasteiger partial charge >= 0.3 is 0 Å². The second-order valence-electron chi connectivity index (χ2n) is 5.45. The molecule has 2 heteroatoms. The zero-order valence-electron chi connectivity index (χ0n) is 11.4. The molecular formula is C14H29NO. The minimum atomic E-state index is 0.778. The van der Waals surface area contributed by atoms with Crippen molar-refractivity contribution in [1.29, 1.82) is 0 Å². The highest BCUT2D eigenvalue weighted by molar-refractivity contribution is 4.73. The van der Waals surface area contributed by atoms with Crippen LogP contribution < -0.4 is 0 Å². The van der Waals surface area contributed by atoms with E-state index in [4.69, 9.17) is 4.74 Å². The highest BCUT2D eigenvalue weighted by Gasteiger charge is 2.19. The van der Waals surface area contributed by atoms with E-state index in [1.165, 1.54) is 51.7 Å². The molecule has 1 heterocycles. The molecule has 0 N–H and O–H groups in total. The Hall–Kier alpha value is -0.0800. The molecule has 0 bridgehead atoms. The number of nitrogens with zero attached hydrogens (tertiary/aromatic N) is 1. The van der Waals surface area contributed by atoms with E-state index in [9.17, 15) is 0 Å². The molecule has 0 saturated carbocycles. The summed E-state index contributed by atoms with van der Waals surface area (Å²) in [6, 6.07) is 0. The van der Waals surface area contributed by atoms with Crippen molar-refractivity contribution in [2.24, 2.45) is 11.8 Å². The van der Waals surface area contributed by atoms with Gasteiger partial charge < -0.3 is 9.64 Å². The van der Waals surface area contributed by atoms with Gasteiger partial charge in [0.15, 0.2) is 0 Å². The zero-order valence-corrected chi connectivity index (χ0v) is 11.4. The van der Waals surface area contributed by atoms with Gasteiger partial charge in [0.25, 0.3) is 0 Å². The molecule has 2 atom stereocenters. The van der Waals surface area contributed by atoms with Crippen molar-refractivity contribution in [2.45, 2.75) is 46.0 Å². The van der Waals surface area contributed by atoms with Crippen LogP contribution in [0.3, 0.4) is 0 Å². The maximum atomic E-state index is 5.27. The molecule has 0 radical (unpaired) electrons. The molecule has 1 aliphatic heterocycles. The van der Waals surface area contributed by atoms with Crippen molar-refractivity contribution < 1.29 is 4.74 Å². The summed E-state index contributed by atoms with van der Waals surface area (Å²) in [4.78, 5) is 2.64. The van der Waals surface area contributed by atoms with Crippen LogP contribution in [0.25, 0.3) is 0 Å². The molecule has 0 aromatic rings. The Kier molecular flexibility index (Phi) is 7.06. The Morgan fingerprint density at radius 1 is 1.38 bits per heavy atom. The Bertz CT molecular complexity index is 170. The Morgan fingerprint density at radius 3 is 2.88 bits per heavy atom. The second kappa shape index (κ2) is 8.08. The van der Waals surface area contributed by atoms with Crippen LogP contribution in [0.4, 0.5) is 0 Å². The van der Waals surface area contributed by atoms with Crippen LogP contribution >= 0.6 is 0 Å². The maximum absolute atomic E-state index is 5.27. The fourth-order valence-electron chi connectivity index (χ4n) is 2.77. The standard InChI is InChI=1S/C14H29NO/c1-4-6-13(2)8-10-15-9-5-7-14(11-15)12-16-3/h13-14H,4-12H2,1-3H3. The average molecular weight is 227 g/mol. The quantitative estimate of drug-likeness (QED) is 0.662. The van der Waals surface area contributed by atoms with Crippen molar-refractivity contribution in [3.05, 3.63) is 0 Å². The molecule has 16 heavy (non-hydrogen) atoms. The third-order valence-electron chi connectivity index (χ3n) is 3.73. The first kappa shape index (κ1) is 14.0. The number of hydrogen-bond donors (Lipinski definition) is 0. The molecular weight excluding hydrogens is 198 g/mol. The van der Waals surface area contributed by atoms with Gasteiger partial charge in [-0.15, -0.1) is 0 Å². The molecule has 0 aromatic carbocycles. The van der Waals surface area contributed by atoms with E-state index >= 15 is 0 Å². The summed E-state index contributed by atoms with van der Waals surface area (Å²) in [6.07, 6.45) is 6.79. The summed E-state index contributed by atoms with van der Waals surface area (Å²) in [7, 11) is 1.82. The molecule has 96 valence electrons. The first-order valence-electron chi connectivity index (χ1n) is 6.97.